The van der Waals surface area contributed by atoms with Crippen LogP contribution in [0.3, 0.4) is 0 Å². The van der Waals surface area contributed by atoms with Crippen LogP contribution in [0.15, 0.2) is 16.8 Å². The number of nitrogens with zero attached hydrogens (tertiary/aromatic N) is 2. The highest BCUT2D eigenvalue weighted by Crippen LogP contribution is 2.05. The average Bonchev–Trinajstić information content (AvgIpc) is 3.02. The largest absolute Gasteiger partial charge is 0.315 e. The predicted octanol–water partition coefficient (Wildman–Crippen LogP) is 2.93. The molecule has 0 amide bonds. The van der Waals surface area contributed by atoms with Crippen molar-refractivity contribution < 1.29 is 0 Å². The van der Waals surface area contributed by atoms with Crippen LogP contribution in [0.2, 0.25) is 0 Å². The van der Waals surface area contributed by atoms with Crippen LogP contribution < -0.4 is 5.32 Å². The second kappa shape index (κ2) is 12.2. The molecule has 0 saturated heterocycles. The highest BCUT2D eigenvalue weighted by Gasteiger charge is 2.04. The average molecular weight is 312 g/mol. The van der Waals surface area contributed by atoms with Crippen LogP contribution >= 0.6 is 11.3 Å². The summed E-state index contributed by atoms with van der Waals surface area (Å²) in [4.78, 5) is 5.06. The van der Waals surface area contributed by atoms with Crippen molar-refractivity contribution in [3.8, 4) is 0 Å². The van der Waals surface area contributed by atoms with Gasteiger partial charge in [-0.25, -0.2) is 0 Å². The lowest BCUT2D eigenvalue weighted by Crippen LogP contribution is -2.35. The molecule has 0 aliphatic carbocycles. The summed E-state index contributed by atoms with van der Waals surface area (Å²) in [6.07, 6.45) is 2.43. The van der Waals surface area contributed by atoms with Gasteiger partial charge in [0.2, 0.25) is 0 Å². The molecule has 1 rings (SSSR count). The maximum absolute atomic E-state index is 3.56. The van der Waals surface area contributed by atoms with Crippen LogP contribution in [0.25, 0.3) is 0 Å². The summed E-state index contributed by atoms with van der Waals surface area (Å²) in [6.45, 7) is 16.1. The summed E-state index contributed by atoms with van der Waals surface area (Å²) in [7, 11) is 0. The van der Waals surface area contributed by atoms with Crippen molar-refractivity contribution in [1.29, 1.82) is 0 Å². The molecule has 0 bridgehead atoms. The molecule has 0 radical (unpaired) electrons. The third-order valence-corrected chi connectivity index (χ3v) is 4.80. The summed E-state index contributed by atoms with van der Waals surface area (Å²) in [5.41, 5.74) is 1.46. The maximum Gasteiger partial charge on any atom is 0.0107 e. The molecule has 0 saturated carbocycles. The van der Waals surface area contributed by atoms with Crippen LogP contribution in [-0.4, -0.2) is 62.2 Å². The SMILES string of the molecule is CCN(CC)CCCN(CC)CCNCCc1ccsc1. The Bertz CT molecular complexity index is 323. The molecule has 3 nitrogen and oxygen atoms in total. The summed E-state index contributed by atoms with van der Waals surface area (Å²) in [5, 5.41) is 7.96. The van der Waals surface area contributed by atoms with Gasteiger partial charge in [-0.1, -0.05) is 20.8 Å². The van der Waals surface area contributed by atoms with Gasteiger partial charge in [-0.3, -0.25) is 0 Å². The van der Waals surface area contributed by atoms with E-state index in [0.29, 0.717) is 0 Å². The van der Waals surface area contributed by atoms with E-state index in [1.165, 1.54) is 44.7 Å². The third-order valence-electron chi connectivity index (χ3n) is 4.07. The fraction of sp³-hybridized carbons (Fsp3) is 0.765. The Morgan fingerprint density at radius 2 is 1.67 bits per heavy atom. The number of thiophene rings is 1. The highest BCUT2D eigenvalue weighted by atomic mass is 32.1. The number of rotatable bonds is 13. The van der Waals surface area contributed by atoms with Gasteiger partial charge in [-0.05, 0) is 74.5 Å². The second-order valence-corrected chi connectivity index (χ2v) is 6.23. The second-order valence-electron chi connectivity index (χ2n) is 5.45. The topological polar surface area (TPSA) is 18.5 Å². The zero-order valence-electron chi connectivity index (χ0n) is 14.1. The molecule has 0 aliphatic heterocycles. The highest BCUT2D eigenvalue weighted by molar-refractivity contribution is 7.07. The number of hydrogen-bond acceptors (Lipinski definition) is 4. The van der Waals surface area contributed by atoms with Crippen molar-refractivity contribution in [3.63, 3.8) is 0 Å². The van der Waals surface area contributed by atoms with Gasteiger partial charge >= 0.3 is 0 Å². The minimum absolute atomic E-state index is 1.09. The monoisotopic (exact) mass is 311 g/mol. The number of likely N-dealkylation sites (N-methyl/N-ethyl adjacent to an activating group) is 1. The number of hydrogen-bond donors (Lipinski definition) is 1. The molecule has 1 aromatic heterocycles. The van der Waals surface area contributed by atoms with Gasteiger partial charge in [-0.2, -0.15) is 11.3 Å². The molecule has 1 aromatic rings. The van der Waals surface area contributed by atoms with E-state index in [0.717, 1.165) is 26.1 Å². The normalized spacial score (nSPS) is 11.7. The minimum atomic E-state index is 1.09. The maximum atomic E-state index is 3.56. The Kier molecular flexibility index (Phi) is 10.8. The first-order valence-electron chi connectivity index (χ1n) is 8.46. The first-order valence-corrected chi connectivity index (χ1v) is 9.40. The van der Waals surface area contributed by atoms with Crippen LogP contribution in [0.5, 0.6) is 0 Å². The van der Waals surface area contributed by atoms with Crippen LogP contribution in [-0.2, 0) is 6.42 Å². The van der Waals surface area contributed by atoms with Crippen molar-refractivity contribution in [2.75, 3.05) is 52.4 Å². The van der Waals surface area contributed by atoms with Crippen molar-refractivity contribution in [2.24, 2.45) is 0 Å². The molecule has 1 heterocycles. The molecule has 0 fully saturated rings. The molecular weight excluding hydrogens is 278 g/mol. The summed E-state index contributed by atoms with van der Waals surface area (Å²) >= 11 is 1.79. The van der Waals surface area contributed by atoms with E-state index in [9.17, 15) is 0 Å². The molecule has 122 valence electrons. The smallest absolute Gasteiger partial charge is 0.0107 e. The van der Waals surface area contributed by atoms with E-state index < -0.39 is 0 Å². The Balaban J connectivity index is 2.02. The lowest BCUT2D eigenvalue weighted by Gasteiger charge is -2.23. The van der Waals surface area contributed by atoms with Crippen LogP contribution in [0.4, 0.5) is 0 Å². The summed E-state index contributed by atoms with van der Waals surface area (Å²) in [6, 6.07) is 2.22. The van der Waals surface area contributed by atoms with Crippen LogP contribution in [0.1, 0.15) is 32.8 Å². The van der Waals surface area contributed by atoms with Crippen molar-refractivity contribution in [1.82, 2.24) is 15.1 Å². The van der Waals surface area contributed by atoms with Gasteiger partial charge < -0.3 is 15.1 Å². The van der Waals surface area contributed by atoms with Crippen molar-refractivity contribution in [2.45, 2.75) is 33.6 Å². The van der Waals surface area contributed by atoms with E-state index in [4.69, 9.17) is 0 Å². The van der Waals surface area contributed by atoms with E-state index in [-0.39, 0.29) is 0 Å². The molecule has 0 aromatic carbocycles. The first-order chi connectivity index (χ1) is 10.3. The predicted molar refractivity (Wildman–Crippen MR) is 95.4 cm³/mol. The zero-order chi connectivity index (χ0) is 15.3. The lowest BCUT2D eigenvalue weighted by atomic mass is 10.2. The minimum Gasteiger partial charge on any atom is -0.315 e. The van der Waals surface area contributed by atoms with E-state index in [1.807, 2.05) is 0 Å². The molecule has 21 heavy (non-hydrogen) atoms. The van der Waals surface area contributed by atoms with Gasteiger partial charge in [0.05, 0.1) is 0 Å². The summed E-state index contributed by atoms with van der Waals surface area (Å²) in [5.74, 6) is 0. The molecular formula is C17H33N3S. The van der Waals surface area contributed by atoms with Gasteiger partial charge in [0, 0.05) is 13.1 Å². The van der Waals surface area contributed by atoms with Crippen molar-refractivity contribution >= 4 is 11.3 Å². The Morgan fingerprint density at radius 1 is 0.952 bits per heavy atom. The summed E-state index contributed by atoms with van der Waals surface area (Å²) < 4.78 is 0. The Labute approximate surface area is 135 Å². The first kappa shape index (κ1) is 18.6. The van der Waals surface area contributed by atoms with Gasteiger partial charge in [0.1, 0.15) is 0 Å². The van der Waals surface area contributed by atoms with E-state index in [2.05, 4.69) is 52.7 Å². The molecule has 0 unspecified atom stereocenters. The number of nitrogens with one attached hydrogen (secondary N) is 1. The van der Waals surface area contributed by atoms with E-state index in [1.54, 1.807) is 11.3 Å². The van der Waals surface area contributed by atoms with E-state index >= 15 is 0 Å². The van der Waals surface area contributed by atoms with Crippen molar-refractivity contribution in [3.05, 3.63) is 22.4 Å². The Morgan fingerprint density at radius 3 is 2.29 bits per heavy atom. The lowest BCUT2D eigenvalue weighted by molar-refractivity contribution is 0.243. The van der Waals surface area contributed by atoms with Gasteiger partial charge in [0.25, 0.3) is 0 Å². The van der Waals surface area contributed by atoms with Gasteiger partial charge in [0.15, 0.2) is 0 Å². The molecule has 0 atom stereocenters. The quantitative estimate of drug-likeness (QED) is 0.565. The molecule has 0 spiro atoms. The zero-order valence-corrected chi connectivity index (χ0v) is 14.9. The molecule has 1 N–H and O–H groups in total. The van der Waals surface area contributed by atoms with Gasteiger partial charge in [-0.15, -0.1) is 0 Å². The fourth-order valence-corrected chi connectivity index (χ4v) is 3.22. The molecule has 0 aliphatic rings. The van der Waals surface area contributed by atoms with Crippen LogP contribution in [0, 0.1) is 0 Å². The third kappa shape index (κ3) is 8.57. The molecule has 4 heteroatoms. The fourth-order valence-electron chi connectivity index (χ4n) is 2.52. The Hall–Kier alpha value is -0.420. The standard InChI is InChI=1S/C17H33N3S/c1-4-19(5-2)12-7-13-20(6-3)14-11-18-10-8-17-9-15-21-16-17/h9,15-16,18H,4-8,10-14H2,1-3H3.